The largest absolute Gasteiger partial charge is 0.497 e. The average Bonchev–Trinajstić information content (AvgIpc) is 2.80. The summed E-state index contributed by atoms with van der Waals surface area (Å²) in [5, 5.41) is 14.6. The van der Waals surface area contributed by atoms with Crippen LogP contribution in [0.1, 0.15) is 16.7 Å². The van der Waals surface area contributed by atoms with Gasteiger partial charge in [0.15, 0.2) is 0 Å². The van der Waals surface area contributed by atoms with Crippen molar-refractivity contribution in [3.8, 4) is 5.75 Å². The Hall–Kier alpha value is -3.35. The van der Waals surface area contributed by atoms with Crippen LogP contribution in [0.3, 0.4) is 0 Å². The van der Waals surface area contributed by atoms with Crippen molar-refractivity contribution in [1.29, 1.82) is 0 Å². The number of hydrogen-bond acceptors (Lipinski definition) is 5. The molecular weight excluding hydrogens is 404 g/mol. The number of carbonyl (C=O) groups is 1. The lowest BCUT2D eigenvalue weighted by Gasteiger charge is -2.37. The van der Waals surface area contributed by atoms with E-state index < -0.39 is 17.8 Å². The van der Waals surface area contributed by atoms with Crippen LogP contribution in [0.15, 0.2) is 84.9 Å². The number of nitrogens with two attached hydrogens (primary N) is 1. The molecule has 0 aromatic heterocycles. The molecule has 6 heteroatoms. The van der Waals surface area contributed by atoms with E-state index in [9.17, 15) is 9.90 Å². The molecule has 3 rings (SSSR count). The van der Waals surface area contributed by atoms with Gasteiger partial charge < -0.3 is 25.6 Å². The second-order valence-electron chi connectivity index (χ2n) is 7.81. The molecule has 0 aliphatic rings. The molecule has 32 heavy (non-hydrogen) atoms. The quantitative estimate of drug-likeness (QED) is 0.430. The average molecular weight is 435 g/mol. The van der Waals surface area contributed by atoms with E-state index in [1.807, 2.05) is 84.9 Å². The number of benzene rings is 3. The molecule has 0 saturated heterocycles. The molecule has 0 aliphatic heterocycles. The third-order valence-electron chi connectivity index (χ3n) is 5.40. The van der Waals surface area contributed by atoms with Gasteiger partial charge in [0.05, 0.1) is 7.11 Å². The number of nitrogens with one attached hydrogen (secondary N) is 1. The minimum atomic E-state index is -1.23. The number of rotatable bonds is 11. The highest BCUT2D eigenvalue weighted by Crippen LogP contribution is 2.28. The van der Waals surface area contributed by atoms with Gasteiger partial charge in [-0.05, 0) is 28.8 Å². The number of amides is 1. The van der Waals surface area contributed by atoms with Crippen LogP contribution in [0.5, 0.6) is 5.75 Å². The first-order valence-corrected chi connectivity index (χ1v) is 10.6. The number of primary amides is 1. The topological polar surface area (TPSA) is 93.8 Å². The van der Waals surface area contributed by atoms with Crippen molar-refractivity contribution in [2.75, 3.05) is 13.7 Å². The van der Waals surface area contributed by atoms with Crippen LogP contribution in [-0.2, 0) is 24.1 Å². The van der Waals surface area contributed by atoms with E-state index in [4.69, 9.17) is 15.2 Å². The Bertz CT molecular complexity index is 938. The molecular formula is C26H30N2O4. The molecule has 0 aliphatic carbocycles. The number of hydrogen-bond donors (Lipinski definition) is 3. The Morgan fingerprint density at radius 3 is 2.03 bits per heavy atom. The van der Waals surface area contributed by atoms with Gasteiger partial charge in [-0.1, -0.05) is 72.8 Å². The van der Waals surface area contributed by atoms with Gasteiger partial charge in [-0.2, -0.15) is 0 Å². The normalized spacial score (nSPS) is 12.2. The molecule has 0 saturated carbocycles. The molecule has 3 aromatic carbocycles. The number of methoxy groups -OCH3 is 1. The van der Waals surface area contributed by atoms with Gasteiger partial charge in [-0.25, -0.2) is 4.79 Å². The summed E-state index contributed by atoms with van der Waals surface area (Å²) in [7, 11) is 1.62. The van der Waals surface area contributed by atoms with Crippen LogP contribution in [0.4, 0.5) is 4.79 Å². The fraction of sp³-hybridized carbons (Fsp3) is 0.269. The first-order valence-electron chi connectivity index (χ1n) is 10.6. The van der Waals surface area contributed by atoms with Crippen LogP contribution in [0.2, 0.25) is 0 Å². The van der Waals surface area contributed by atoms with Gasteiger partial charge in [0.1, 0.15) is 17.5 Å². The van der Waals surface area contributed by atoms with E-state index in [0.29, 0.717) is 19.4 Å². The molecule has 0 spiro atoms. The van der Waals surface area contributed by atoms with Crippen LogP contribution in [0.25, 0.3) is 0 Å². The van der Waals surface area contributed by atoms with E-state index in [1.54, 1.807) is 7.11 Å². The van der Waals surface area contributed by atoms with Gasteiger partial charge in [0.2, 0.25) is 0 Å². The predicted molar refractivity (Wildman–Crippen MR) is 124 cm³/mol. The van der Waals surface area contributed by atoms with Crippen molar-refractivity contribution in [2.24, 2.45) is 5.73 Å². The lowest BCUT2D eigenvalue weighted by Crippen LogP contribution is -2.54. The molecule has 1 amide bonds. The Kier molecular flexibility index (Phi) is 8.25. The number of ether oxygens (including phenoxy) is 2. The maximum atomic E-state index is 11.9. The van der Waals surface area contributed by atoms with Gasteiger partial charge in [0, 0.05) is 25.9 Å². The Labute approximate surface area is 189 Å². The summed E-state index contributed by atoms with van der Waals surface area (Å²) >= 11 is 0. The zero-order chi connectivity index (χ0) is 22.8. The smallest absolute Gasteiger partial charge is 0.405 e. The second-order valence-corrected chi connectivity index (χ2v) is 7.81. The maximum absolute atomic E-state index is 11.9. The monoisotopic (exact) mass is 434 g/mol. The minimum Gasteiger partial charge on any atom is -0.497 e. The van der Waals surface area contributed by atoms with Crippen LogP contribution < -0.4 is 15.8 Å². The number of aliphatic hydroxyl groups is 1. The summed E-state index contributed by atoms with van der Waals surface area (Å²) in [5.74, 6) is 0.768. The van der Waals surface area contributed by atoms with Gasteiger partial charge in [-0.3, -0.25) is 0 Å². The fourth-order valence-corrected chi connectivity index (χ4v) is 3.84. The van der Waals surface area contributed by atoms with Crippen molar-refractivity contribution >= 4 is 6.09 Å². The molecule has 0 fully saturated rings. The zero-order valence-corrected chi connectivity index (χ0v) is 18.2. The van der Waals surface area contributed by atoms with Crippen LogP contribution in [0, 0.1) is 0 Å². The molecule has 0 bridgehead atoms. The minimum absolute atomic E-state index is 0.212. The predicted octanol–water partition coefficient (Wildman–Crippen LogP) is 3.47. The third-order valence-corrected chi connectivity index (χ3v) is 5.40. The molecule has 1 unspecified atom stereocenters. The molecule has 0 radical (unpaired) electrons. The van der Waals surface area contributed by atoms with E-state index >= 15 is 0 Å². The standard InChI is InChI=1S/C26H30N2O4/c1-31-23-14-8-13-22(15-23)18-28-19-24(29)26(32-25(27)30,16-20-9-4-2-5-10-20)17-21-11-6-3-7-12-21/h2-15,24,28-29H,16-19H2,1H3,(H2,27,30). The third kappa shape index (κ3) is 6.57. The van der Waals surface area contributed by atoms with Gasteiger partial charge in [-0.15, -0.1) is 0 Å². The summed E-state index contributed by atoms with van der Waals surface area (Å²) in [6.07, 6.45) is -1.26. The van der Waals surface area contributed by atoms with Crippen molar-refractivity contribution < 1.29 is 19.4 Å². The van der Waals surface area contributed by atoms with Crippen molar-refractivity contribution in [2.45, 2.75) is 31.1 Å². The summed E-state index contributed by atoms with van der Waals surface area (Å²) in [6.45, 7) is 0.738. The SMILES string of the molecule is COc1cccc(CNCC(O)C(Cc2ccccc2)(Cc2ccccc2)OC(N)=O)c1. The summed E-state index contributed by atoms with van der Waals surface area (Å²) in [4.78, 5) is 11.9. The van der Waals surface area contributed by atoms with E-state index in [0.717, 1.165) is 22.4 Å². The van der Waals surface area contributed by atoms with E-state index in [1.165, 1.54) is 0 Å². The first-order chi connectivity index (χ1) is 15.5. The van der Waals surface area contributed by atoms with Crippen molar-refractivity contribution in [1.82, 2.24) is 5.32 Å². The second kappa shape index (κ2) is 11.3. The number of aliphatic hydroxyl groups excluding tert-OH is 1. The Balaban J connectivity index is 1.81. The molecule has 6 nitrogen and oxygen atoms in total. The summed E-state index contributed by atoms with van der Waals surface area (Å²) in [5.41, 5.74) is 7.14. The van der Waals surface area contributed by atoms with Crippen LogP contribution >= 0.6 is 0 Å². The van der Waals surface area contributed by atoms with Gasteiger partial charge in [0.25, 0.3) is 0 Å². The van der Waals surface area contributed by atoms with Crippen LogP contribution in [-0.4, -0.2) is 36.6 Å². The highest BCUT2D eigenvalue weighted by atomic mass is 16.6. The fourth-order valence-electron chi connectivity index (χ4n) is 3.84. The molecule has 168 valence electrons. The van der Waals surface area contributed by atoms with E-state index in [-0.39, 0.29) is 6.54 Å². The summed E-state index contributed by atoms with van der Waals surface area (Å²) < 4.78 is 10.9. The van der Waals surface area contributed by atoms with Gasteiger partial charge >= 0.3 is 6.09 Å². The lowest BCUT2D eigenvalue weighted by atomic mass is 9.83. The number of carbonyl (C=O) groups excluding carboxylic acids is 1. The molecule has 1 atom stereocenters. The maximum Gasteiger partial charge on any atom is 0.405 e. The Morgan fingerprint density at radius 1 is 0.938 bits per heavy atom. The highest BCUT2D eigenvalue weighted by molar-refractivity contribution is 5.65. The van der Waals surface area contributed by atoms with E-state index in [2.05, 4.69) is 5.32 Å². The Morgan fingerprint density at radius 2 is 1.50 bits per heavy atom. The first kappa shape index (κ1) is 23.3. The molecule has 4 N–H and O–H groups in total. The van der Waals surface area contributed by atoms with Crippen molar-refractivity contribution in [3.63, 3.8) is 0 Å². The lowest BCUT2D eigenvalue weighted by molar-refractivity contribution is -0.0776. The molecule has 3 aromatic rings. The summed E-state index contributed by atoms with van der Waals surface area (Å²) in [6, 6.07) is 27.0. The zero-order valence-electron chi connectivity index (χ0n) is 18.2. The molecule has 0 heterocycles. The highest BCUT2D eigenvalue weighted by Gasteiger charge is 2.41. The van der Waals surface area contributed by atoms with Crippen molar-refractivity contribution in [3.05, 3.63) is 102 Å².